The third-order valence-electron chi connectivity index (χ3n) is 3.21. The topological polar surface area (TPSA) is 105 Å². The van der Waals surface area contributed by atoms with Crippen LogP contribution in [0.15, 0.2) is 24.3 Å². The van der Waals surface area contributed by atoms with Gasteiger partial charge >= 0.3 is 18.1 Å². The monoisotopic (exact) mass is 424 g/mol. The van der Waals surface area contributed by atoms with Gasteiger partial charge in [0.2, 0.25) is 0 Å². The van der Waals surface area contributed by atoms with Gasteiger partial charge in [0.15, 0.2) is 0 Å². The third kappa shape index (κ3) is 10.2. The Kier molecular flexibility index (Phi) is 11.9. The highest BCUT2D eigenvalue weighted by Crippen LogP contribution is 2.13. The molecule has 0 unspecified atom stereocenters. The fourth-order valence-electron chi connectivity index (χ4n) is 1.90. The number of carbonyl (C=O) groups excluding carboxylic acids is 2. The van der Waals surface area contributed by atoms with Gasteiger partial charge in [-0.2, -0.15) is 24.9 Å². The van der Waals surface area contributed by atoms with Crippen LogP contribution in [0.5, 0.6) is 0 Å². The van der Waals surface area contributed by atoms with Crippen LogP contribution < -0.4 is 10.6 Å². The first kappa shape index (κ1) is 25.7. The Balaban J connectivity index is 0.000000887. The molecule has 1 aromatic carbocycles. The molecule has 3 N–H and O–H groups in total. The van der Waals surface area contributed by atoms with E-state index in [9.17, 15) is 22.8 Å². The molecule has 7 nitrogen and oxygen atoms in total. The first-order chi connectivity index (χ1) is 13.1. The quantitative estimate of drug-likeness (QED) is 0.549. The molecule has 1 aromatic rings. The van der Waals surface area contributed by atoms with Crippen molar-refractivity contribution in [2.45, 2.75) is 25.2 Å². The number of esters is 1. The molecule has 0 spiro atoms. The Labute approximate surface area is 165 Å². The van der Waals surface area contributed by atoms with E-state index >= 15 is 0 Å². The molecule has 0 aliphatic carbocycles. The molecule has 28 heavy (non-hydrogen) atoms. The van der Waals surface area contributed by atoms with Gasteiger partial charge in [-0.15, -0.1) is 0 Å². The molecule has 158 valence electrons. The maximum Gasteiger partial charge on any atom is 0.490 e. The number of rotatable bonds is 8. The summed E-state index contributed by atoms with van der Waals surface area (Å²) in [4.78, 5) is 32.8. The van der Waals surface area contributed by atoms with Crippen molar-refractivity contribution < 1.29 is 37.4 Å². The number of hydrogen-bond donors (Lipinski definition) is 3. The summed E-state index contributed by atoms with van der Waals surface area (Å²) in [6.07, 6.45) is -2.58. The Morgan fingerprint density at radius 2 is 1.89 bits per heavy atom. The van der Waals surface area contributed by atoms with Gasteiger partial charge in [-0.25, -0.2) is 9.59 Å². The molecule has 0 aliphatic heterocycles. The smallest absolute Gasteiger partial charge is 0.475 e. The van der Waals surface area contributed by atoms with E-state index in [1.807, 2.05) is 31.5 Å². The second kappa shape index (κ2) is 13.0. The predicted octanol–water partition coefficient (Wildman–Crippen LogP) is 2.06. The molecule has 1 rings (SSSR count). The number of carboxylic acids is 1. The van der Waals surface area contributed by atoms with Crippen LogP contribution in [0.4, 0.5) is 13.2 Å². The van der Waals surface area contributed by atoms with Gasteiger partial charge in [0, 0.05) is 12.1 Å². The average molecular weight is 424 g/mol. The zero-order valence-electron chi connectivity index (χ0n) is 15.6. The van der Waals surface area contributed by atoms with Crippen molar-refractivity contribution in [3.05, 3.63) is 35.4 Å². The minimum absolute atomic E-state index is 0.260. The van der Waals surface area contributed by atoms with Crippen molar-refractivity contribution in [3.63, 3.8) is 0 Å². The predicted molar refractivity (Wildman–Crippen MR) is 99.2 cm³/mol. The lowest BCUT2D eigenvalue weighted by Gasteiger charge is -2.16. The first-order valence-electron chi connectivity index (χ1n) is 7.98. The van der Waals surface area contributed by atoms with Gasteiger partial charge in [0.25, 0.3) is 5.91 Å². The molecule has 0 radical (unpaired) electrons. The van der Waals surface area contributed by atoms with Crippen molar-refractivity contribution >= 4 is 29.6 Å². The highest BCUT2D eigenvalue weighted by atomic mass is 32.2. The van der Waals surface area contributed by atoms with Crippen LogP contribution in [0.1, 0.15) is 22.3 Å². The van der Waals surface area contributed by atoms with E-state index in [2.05, 4.69) is 10.6 Å². The van der Waals surface area contributed by atoms with Gasteiger partial charge in [-0.05, 0) is 43.2 Å². The summed E-state index contributed by atoms with van der Waals surface area (Å²) in [5.41, 5.74) is 1.56. The minimum Gasteiger partial charge on any atom is -0.475 e. The number of benzene rings is 1. The van der Waals surface area contributed by atoms with E-state index in [-0.39, 0.29) is 5.91 Å². The van der Waals surface area contributed by atoms with E-state index in [0.717, 1.165) is 11.3 Å². The Hall–Kier alpha value is -2.27. The molecular weight excluding hydrogens is 401 g/mol. The Morgan fingerprint density at radius 1 is 1.29 bits per heavy atom. The van der Waals surface area contributed by atoms with Crippen molar-refractivity contribution in [3.8, 4) is 0 Å². The number of carbonyl (C=O) groups is 3. The highest BCUT2D eigenvalue weighted by Gasteiger charge is 2.38. The molecular formula is C17H23F3N2O5S. The van der Waals surface area contributed by atoms with Crippen LogP contribution in [0.3, 0.4) is 0 Å². The summed E-state index contributed by atoms with van der Waals surface area (Å²) in [5, 5.41) is 12.9. The standard InChI is InChI=1S/C15H22N2O3S.C2HF3O2/c1-16-10-11-5-4-6-12(9-11)14(18)17-13(7-8-21-3)15(19)20-2;3-2(4,5)1(6)7/h4-6,9,13,16H,7-8,10H2,1-3H3,(H,17,18);(H,6,7)/t13-;/m0./s1. The fourth-order valence-corrected chi connectivity index (χ4v) is 2.37. The zero-order chi connectivity index (χ0) is 21.7. The van der Waals surface area contributed by atoms with Gasteiger partial charge in [0.1, 0.15) is 6.04 Å². The SMILES string of the molecule is CNCc1cccc(C(=O)N[C@@H](CCSC)C(=O)OC)c1.O=C(O)C(F)(F)F. The summed E-state index contributed by atoms with van der Waals surface area (Å²) in [6, 6.07) is 6.71. The number of ether oxygens (including phenoxy) is 1. The number of aliphatic carboxylic acids is 1. The number of alkyl halides is 3. The van der Waals surface area contributed by atoms with Gasteiger partial charge in [-0.1, -0.05) is 12.1 Å². The van der Waals surface area contributed by atoms with E-state index in [1.165, 1.54) is 7.11 Å². The van der Waals surface area contributed by atoms with Gasteiger partial charge < -0.3 is 20.5 Å². The molecule has 11 heteroatoms. The number of hydrogen-bond acceptors (Lipinski definition) is 6. The van der Waals surface area contributed by atoms with Crippen LogP contribution in [0.25, 0.3) is 0 Å². The van der Waals surface area contributed by atoms with E-state index in [4.69, 9.17) is 14.6 Å². The van der Waals surface area contributed by atoms with Crippen LogP contribution in [0, 0.1) is 0 Å². The summed E-state index contributed by atoms with van der Waals surface area (Å²) in [7, 11) is 3.18. The largest absolute Gasteiger partial charge is 0.490 e. The van der Waals surface area contributed by atoms with Gasteiger partial charge in [-0.3, -0.25) is 4.79 Å². The second-order valence-electron chi connectivity index (χ2n) is 5.36. The number of thioether (sulfide) groups is 1. The maximum atomic E-state index is 12.2. The second-order valence-corrected chi connectivity index (χ2v) is 6.35. The van der Waals surface area contributed by atoms with Gasteiger partial charge in [0.05, 0.1) is 7.11 Å². The van der Waals surface area contributed by atoms with E-state index in [0.29, 0.717) is 18.5 Å². The summed E-state index contributed by atoms with van der Waals surface area (Å²) >= 11 is 1.62. The normalized spacial score (nSPS) is 11.6. The minimum atomic E-state index is -5.08. The lowest BCUT2D eigenvalue weighted by molar-refractivity contribution is -0.192. The Bertz CT molecular complexity index is 656. The molecule has 0 aromatic heterocycles. The number of carboxylic acid groups (broad SMARTS) is 1. The van der Waals surface area contributed by atoms with Crippen LogP contribution >= 0.6 is 11.8 Å². The molecule has 0 heterocycles. The highest BCUT2D eigenvalue weighted by molar-refractivity contribution is 7.98. The first-order valence-corrected chi connectivity index (χ1v) is 9.37. The zero-order valence-corrected chi connectivity index (χ0v) is 16.4. The van der Waals surface area contributed by atoms with E-state index < -0.39 is 24.2 Å². The number of halogens is 3. The van der Waals surface area contributed by atoms with Crippen LogP contribution in [0.2, 0.25) is 0 Å². The van der Waals surface area contributed by atoms with E-state index in [1.54, 1.807) is 17.8 Å². The molecule has 1 amide bonds. The average Bonchev–Trinajstić information content (AvgIpc) is 2.64. The number of nitrogens with one attached hydrogen (secondary N) is 2. The molecule has 0 bridgehead atoms. The summed E-state index contributed by atoms with van der Waals surface area (Å²) < 4.78 is 36.5. The van der Waals surface area contributed by atoms with Crippen molar-refractivity contribution in [2.75, 3.05) is 26.2 Å². The fraction of sp³-hybridized carbons (Fsp3) is 0.471. The summed E-state index contributed by atoms with van der Waals surface area (Å²) in [6.45, 7) is 0.689. The third-order valence-corrected chi connectivity index (χ3v) is 3.86. The van der Waals surface area contributed by atoms with Crippen molar-refractivity contribution in [1.29, 1.82) is 0 Å². The van der Waals surface area contributed by atoms with Crippen LogP contribution in [-0.4, -0.2) is 61.3 Å². The number of amides is 1. The Morgan fingerprint density at radius 3 is 2.36 bits per heavy atom. The lowest BCUT2D eigenvalue weighted by atomic mass is 10.1. The summed E-state index contributed by atoms with van der Waals surface area (Å²) in [5.74, 6) is -2.65. The molecule has 0 fully saturated rings. The maximum absolute atomic E-state index is 12.2. The molecule has 0 saturated carbocycles. The van der Waals surface area contributed by atoms with Crippen molar-refractivity contribution in [2.24, 2.45) is 0 Å². The molecule has 0 saturated heterocycles. The van der Waals surface area contributed by atoms with Crippen LogP contribution in [-0.2, 0) is 20.9 Å². The lowest BCUT2D eigenvalue weighted by Crippen LogP contribution is -2.42. The molecule has 0 aliphatic rings. The van der Waals surface area contributed by atoms with Crippen molar-refractivity contribution in [1.82, 2.24) is 10.6 Å². The number of methoxy groups -OCH3 is 1. The molecule has 1 atom stereocenters.